The van der Waals surface area contributed by atoms with Crippen LogP contribution in [0.25, 0.3) is 0 Å². The van der Waals surface area contributed by atoms with Gasteiger partial charge in [0.25, 0.3) is 0 Å². The molecule has 0 spiro atoms. The summed E-state index contributed by atoms with van der Waals surface area (Å²) >= 11 is 0. The molecule has 19 heavy (non-hydrogen) atoms. The van der Waals surface area contributed by atoms with Gasteiger partial charge in [-0.15, -0.1) is 0 Å². The standard InChI is InChI=1S/C13H21NO5/c14-5-1-2-9-3-4-12-13(8-16,19-9)6-11(18-12)10(17)7-15/h9-12,15-17H,1-4,6-8H2/t9-,10+,11+,12?,13?/m0/s1. The lowest BCUT2D eigenvalue weighted by molar-refractivity contribution is -0.185. The SMILES string of the molecule is N#CCC[C@H]1CCC2O[C@@H]([C@H](O)CO)CC2(CO)O1. The Bertz CT molecular complexity index is 344. The van der Waals surface area contributed by atoms with E-state index in [-0.39, 0.29) is 25.4 Å². The number of nitrogens with zero attached hydrogens (tertiary/aromatic N) is 1. The monoisotopic (exact) mass is 271 g/mol. The molecular weight excluding hydrogens is 250 g/mol. The maximum atomic E-state index is 9.67. The summed E-state index contributed by atoms with van der Waals surface area (Å²) in [6.07, 6.45) is 1.24. The Morgan fingerprint density at radius 3 is 2.79 bits per heavy atom. The smallest absolute Gasteiger partial charge is 0.120 e. The van der Waals surface area contributed by atoms with Gasteiger partial charge >= 0.3 is 0 Å². The first kappa shape index (κ1) is 14.7. The zero-order valence-electron chi connectivity index (χ0n) is 10.9. The molecule has 2 unspecified atom stereocenters. The van der Waals surface area contributed by atoms with Crippen molar-refractivity contribution < 1.29 is 24.8 Å². The van der Waals surface area contributed by atoms with E-state index in [1.807, 2.05) is 0 Å². The summed E-state index contributed by atoms with van der Waals surface area (Å²) in [6, 6.07) is 2.09. The minimum atomic E-state index is -0.949. The molecular formula is C13H21NO5. The van der Waals surface area contributed by atoms with E-state index >= 15 is 0 Å². The summed E-state index contributed by atoms with van der Waals surface area (Å²) in [6.45, 7) is -0.536. The van der Waals surface area contributed by atoms with Crippen molar-refractivity contribution in [2.75, 3.05) is 13.2 Å². The number of aliphatic hydroxyl groups excluding tert-OH is 3. The molecule has 3 N–H and O–H groups in total. The van der Waals surface area contributed by atoms with Crippen LogP contribution in [-0.2, 0) is 9.47 Å². The molecule has 2 saturated heterocycles. The summed E-state index contributed by atoms with van der Waals surface area (Å²) in [7, 11) is 0. The highest BCUT2D eigenvalue weighted by molar-refractivity contribution is 5.02. The summed E-state index contributed by atoms with van der Waals surface area (Å²) in [5, 5.41) is 36.9. The molecule has 0 bridgehead atoms. The fourth-order valence-electron chi connectivity index (χ4n) is 3.02. The number of aliphatic hydroxyl groups is 3. The molecule has 0 amide bonds. The topological polar surface area (TPSA) is 103 Å². The molecule has 6 heteroatoms. The Morgan fingerprint density at radius 1 is 1.37 bits per heavy atom. The first-order chi connectivity index (χ1) is 9.15. The molecule has 0 saturated carbocycles. The van der Waals surface area contributed by atoms with Crippen molar-refractivity contribution in [3.05, 3.63) is 0 Å². The van der Waals surface area contributed by atoms with Gasteiger partial charge in [-0.05, 0) is 19.3 Å². The molecule has 6 nitrogen and oxygen atoms in total. The molecule has 0 aromatic rings. The second kappa shape index (κ2) is 6.16. The van der Waals surface area contributed by atoms with Gasteiger partial charge in [0.2, 0.25) is 0 Å². The summed E-state index contributed by atoms with van der Waals surface area (Å²) in [5.74, 6) is 0. The lowest BCUT2D eigenvalue weighted by Crippen LogP contribution is -2.51. The third-order valence-electron chi connectivity index (χ3n) is 4.09. The van der Waals surface area contributed by atoms with Gasteiger partial charge < -0.3 is 24.8 Å². The van der Waals surface area contributed by atoms with E-state index in [9.17, 15) is 10.2 Å². The molecule has 0 aromatic heterocycles. The minimum Gasteiger partial charge on any atom is -0.394 e. The lowest BCUT2D eigenvalue weighted by atomic mass is 9.86. The highest BCUT2D eigenvalue weighted by Crippen LogP contribution is 2.42. The third-order valence-corrected chi connectivity index (χ3v) is 4.09. The van der Waals surface area contributed by atoms with Gasteiger partial charge in [-0.25, -0.2) is 0 Å². The van der Waals surface area contributed by atoms with Gasteiger partial charge in [0, 0.05) is 12.8 Å². The molecule has 0 aliphatic carbocycles. The zero-order valence-corrected chi connectivity index (χ0v) is 10.9. The number of fused-ring (bicyclic) bond motifs is 1. The second-order valence-corrected chi connectivity index (χ2v) is 5.35. The Labute approximate surface area is 112 Å². The summed E-state index contributed by atoms with van der Waals surface area (Å²) < 4.78 is 11.7. The van der Waals surface area contributed by atoms with Crippen molar-refractivity contribution >= 4 is 0 Å². The average Bonchev–Trinajstić information content (AvgIpc) is 2.83. The Morgan fingerprint density at radius 2 is 2.16 bits per heavy atom. The Hall–Kier alpha value is -0.710. The van der Waals surface area contributed by atoms with E-state index in [1.54, 1.807) is 0 Å². The molecule has 2 aliphatic rings. The first-order valence-corrected chi connectivity index (χ1v) is 6.75. The molecule has 2 rings (SSSR count). The van der Waals surface area contributed by atoms with E-state index in [4.69, 9.17) is 19.8 Å². The van der Waals surface area contributed by atoms with E-state index in [1.165, 1.54) is 0 Å². The van der Waals surface area contributed by atoms with Gasteiger partial charge in [-0.2, -0.15) is 5.26 Å². The van der Waals surface area contributed by atoms with E-state index < -0.39 is 17.8 Å². The van der Waals surface area contributed by atoms with Crippen LogP contribution in [0.3, 0.4) is 0 Å². The van der Waals surface area contributed by atoms with E-state index in [0.717, 1.165) is 12.8 Å². The van der Waals surface area contributed by atoms with Gasteiger partial charge in [0.05, 0.1) is 37.6 Å². The van der Waals surface area contributed by atoms with Crippen molar-refractivity contribution in [2.45, 2.75) is 62.1 Å². The molecule has 0 radical (unpaired) electrons. The zero-order chi connectivity index (χ0) is 13.9. The van der Waals surface area contributed by atoms with Crippen LogP contribution in [0.1, 0.15) is 32.1 Å². The van der Waals surface area contributed by atoms with Crippen molar-refractivity contribution in [3.63, 3.8) is 0 Å². The highest BCUT2D eigenvalue weighted by Gasteiger charge is 2.54. The van der Waals surface area contributed by atoms with Crippen LogP contribution in [0, 0.1) is 11.3 Å². The number of hydrogen-bond donors (Lipinski definition) is 3. The van der Waals surface area contributed by atoms with Gasteiger partial charge in [0.15, 0.2) is 0 Å². The normalized spacial score (nSPS) is 39.6. The predicted molar refractivity (Wildman–Crippen MR) is 65.1 cm³/mol. The van der Waals surface area contributed by atoms with Crippen molar-refractivity contribution in [1.29, 1.82) is 5.26 Å². The maximum absolute atomic E-state index is 9.67. The Kier molecular flexibility index (Phi) is 4.76. The predicted octanol–water partition coefficient (Wildman–Crippen LogP) is -0.289. The van der Waals surface area contributed by atoms with Crippen molar-refractivity contribution in [3.8, 4) is 6.07 Å². The minimum absolute atomic E-state index is 0.0448. The van der Waals surface area contributed by atoms with Crippen LogP contribution < -0.4 is 0 Å². The van der Waals surface area contributed by atoms with E-state index in [2.05, 4.69) is 6.07 Å². The maximum Gasteiger partial charge on any atom is 0.120 e. The highest BCUT2D eigenvalue weighted by atomic mass is 16.6. The largest absolute Gasteiger partial charge is 0.394 e. The summed E-state index contributed by atoms with van der Waals surface area (Å²) in [5.41, 5.74) is -0.792. The van der Waals surface area contributed by atoms with Crippen molar-refractivity contribution in [2.24, 2.45) is 0 Å². The number of hydrogen-bond acceptors (Lipinski definition) is 6. The molecule has 2 heterocycles. The van der Waals surface area contributed by atoms with Crippen molar-refractivity contribution in [1.82, 2.24) is 0 Å². The number of ether oxygens (including phenoxy) is 2. The van der Waals surface area contributed by atoms with Crippen LogP contribution in [0.4, 0.5) is 0 Å². The lowest BCUT2D eigenvalue weighted by Gasteiger charge is -2.40. The fourth-order valence-corrected chi connectivity index (χ4v) is 3.02. The molecule has 2 aliphatic heterocycles. The third kappa shape index (κ3) is 2.91. The van der Waals surface area contributed by atoms with E-state index in [0.29, 0.717) is 19.3 Å². The molecule has 108 valence electrons. The molecule has 2 fully saturated rings. The molecule has 0 aromatic carbocycles. The van der Waals surface area contributed by atoms with Crippen LogP contribution in [0.5, 0.6) is 0 Å². The van der Waals surface area contributed by atoms with Crippen LogP contribution in [0.2, 0.25) is 0 Å². The molecule has 5 atom stereocenters. The Balaban J connectivity index is 2.02. The van der Waals surface area contributed by atoms with Crippen LogP contribution >= 0.6 is 0 Å². The van der Waals surface area contributed by atoms with Gasteiger partial charge in [0.1, 0.15) is 11.7 Å². The number of rotatable bonds is 5. The van der Waals surface area contributed by atoms with Crippen LogP contribution in [0.15, 0.2) is 0 Å². The first-order valence-electron chi connectivity index (χ1n) is 6.75. The van der Waals surface area contributed by atoms with Gasteiger partial charge in [-0.3, -0.25) is 0 Å². The summed E-state index contributed by atoms with van der Waals surface area (Å²) in [4.78, 5) is 0. The number of nitriles is 1. The average molecular weight is 271 g/mol. The fraction of sp³-hybridized carbons (Fsp3) is 0.923. The van der Waals surface area contributed by atoms with Crippen LogP contribution in [-0.4, -0.2) is 58.6 Å². The van der Waals surface area contributed by atoms with Gasteiger partial charge in [-0.1, -0.05) is 0 Å². The quantitative estimate of drug-likeness (QED) is 0.635. The second-order valence-electron chi connectivity index (χ2n) is 5.35.